The summed E-state index contributed by atoms with van der Waals surface area (Å²) in [5.74, 6) is 3.84. The van der Waals surface area contributed by atoms with Crippen molar-refractivity contribution in [2.24, 2.45) is 0 Å². The Morgan fingerprint density at radius 1 is 0.286 bits per heavy atom. The SMILES string of the molecule is CC1(C)OB(c2c(-c3ccc(-c4nc(-c5ccccc5)nc(-c5ccccc5)n4)cc3)ccc3c2sc2ccccc23)OC1(C)C.N#Cc1ccc(-c2ccc(-c3c(-c4ccc(-c5nc(-c6ccccc6)nc(-c6ccccc6)n5)cc4)ccc4c3sc3ccccc34)cc2)cc1.N#Cc1ccc(-c2ccc(Br)cc2)cc1. The first-order chi connectivity index (χ1) is 54.8. The van der Waals surface area contributed by atoms with E-state index in [4.69, 9.17) is 44.5 Å². The Labute approximate surface area is 666 Å². The molecule has 10 nitrogen and oxygen atoms in total. The predicted molar refractivity (Wildman–Crippen MR) is 465 cm³/mol. The number of nitrogens with zero attached hydrogens (tertiary/aromatic N) is 8. The molecule has 1 aliphatic heterocycles. The number of halogens is 1. The van der Waals surface area contributed by atoms with Crippen LogP contribution in [0, 0.1) is 22.7 Å². The van der Waals surface area contributed by atoms with E-state index >= 15 is 0 Å². The zero-order valence-electron chi connectivity index (χ0n) is 61.5. The summed E-state index contributed by atoms with van der Waals surface area (Å²) in [5.41, 5.74) is 18.4. The van der Waals surface area contributed by atoms with E-state index in [1.54, 1.807) is 11.3 Å². The highest BCUT2D eigenvalue weighted by atomic mass is 79.9. The zero-order chi connectivity index (χ0) is 76.3. The summed E-state index contributed by atoms with van der Waals surface area (Å²) in [7, 11) is -0.498. The predicted octanol–water partition coefficient (Wildman–Crippen LogP) is 25.3. The molecule has 14 heteroatoms. The Hall–Kier alpha value is -13.0. The minimum absolute atomic E-state index is 0.455. The molecule has 0 saturated carbocycles. The molecule has 0 atom stereocenters. The number of fused-ring (bicyclic) bond motifs is 6. The number of hydrogen-bond donors (Lipinski definition) is 0. The molecule has 0 amide bonds. The minimum Gasteiger partial charge on any atom is -0.399 e. The van der Waals surface area contributed by atoms with Crippen LogP contribution in [0.2, 0.25) is 0 Å². The highest BCUT2D eigenvalue weighted by Gasteiger charge is 2.53. The Morgan fingerprint density at radius 2 is 0.571 bits per heavy atom. The fraction of sp³-hybridized carbons (Fsp3) is 0.0612. The number of benzene rings is 14. The Bertz CT molecular complexity index is 6430. The molecule has 534 valence electrons. The van der Waals surface area contributed by atoms with Gasteiger partial charge in [-0.2, -0.15) is 10.5 Å². The quantitative estimate of drug-likeness (QED) is 0.108. The molecule has 1 fully saturated rings. The highest BCUT2D eigenvalue weighted by Crippen LogP contribution is 2.47. The standard InChI is InChI=1S/C46H28N4S.C39H32BN3O2S.C13H8BrN/c47-29-30-15-17-31(18-16-30)32-19-23-34(24-20-32)42-38(27-28-40-39-13-7-8-14-41(39)51-43(40)42)33-21-25-37(26-22-33)46-49-44(35-9-3-1-4-10-35)48-45(50-46)36-11-5-2-6-12-36;1-38(2)39(3,4)45-40(44-38)33-29(23-24-31-30-17-11-12-18-32(30)46-34(31)33)25-19-21-28(22-20-25)37-42-35(26-13-7-5-8-14-26)41-36(43-37)27-15-9-6-10-16-27;14-13-7-5-12(6-8-13)11-3-1-10(9-15)2-4-11/h1-28H;5-24H,1-4H3;1-8H. The van der Waals surface area contributed by atoms with Gasteiger partial charge in [0.05, 0.1) is 34.5 Å². The Morgan fingerprint density at radius 3 is 0.955 bits per heavy atom. The largest absolute Gasteiger partial charge is 0.496 e. The van der Waals surface area contributed by atoms with Gasteiger partial charge >= 0.3 is 7.12 Å². The molecule has 18 aromatic rings. The van der Waals surface area contributed by atoms with Gasteiger partial charge in [0.2, 0.25) is 0 Å². The van der Waals surface area contributed by atoms with Gasteiger partial charge in [-0.15, -0.1) is 22.7 Å². The molecule has 0 spiro atoms. The summed E-state index contributed by atoms with van der Waals surface area (Å²) in [6.07, 6.45) is 0. The van der Waals surface area contributed by atoms with E-state index in [1.807, 2.05) is 205 Å². The number of hydrogen-bond acceptors (Lipinski definition) is 12. The monoisotopic (exact) mass is 1540 g/mol. The lowest BCUT2D eigenvalue weighted by Crippen LogP contribution is -2.41. The van der Waals surface area contributed by atoms with Crippen molar-refractivity contribution in [2.45, 2.75) is 38.9 Å². The summed E-state index contributed by atoms with van der Waals surface area (Å²) in [6, 6.07) is 120. The zero-order valence-corrected chi connectivity index (χ0v) is 64.7. The third-order valence-electron chi connectivity index (χ3n) is 20.6. The molecule has 14 aromatic carbocycles. The molecule has 0 unspecified atom stereocenters. The molecular formula is C98H68BBrN8O2S2. The van der Waals surface area contributed by atoms with Crippen molar-refractivity contribution in [3.8, 4) is 136 Å². The van der Waals surface area contributed by atoms with Crippen LogP contribution in [0.5, 0.6) is 0 Å². The van der Waals surface area contributed by atoms with Gasteiger partial charge in [0.1, 0.15) is 0 Å². The van der Waals surface area contributed by atoms with Gasteiger partial charge in [0.25, 0.3) is 0 Å². The maximum absolute atomic E-state index is 9.24. The van der Waals surface area contributed by atoms with E-state index in [0.717, 1.165) is 93.4 Å². The smallest absolute Gasteiger partial charge is 0.399 e. The maximum atomic E-state index is 9.24. The lowest BCUT2D eigenvalue weighted by Gasteiger charge is -2.32. The van der Waals surface area contributed by atoms with Crippen LogP contribution in [0.25, 0.3) is 164 Å². The number of nitriles is 2. The molecular weight excluding hydrogens is 1480 g/mol. The van der Waals surface area contributed by atoms with Crippen LogP contribution in [-0.2, 0) is 9.31 Å². The summed E-state index contributed by atoms with van der Waals surface area (Å²) < 4.78 is 19.4. The van der Waals surface area contributed by atoms with Crippen LogP contribution in [-0.4, -0.2) is 48.2 Å². The van der Waals surface area contributed by atoms with Gasteiger partial charge in [-0.05, 0) is 126 Å². The molecule has 1 saturated heterocycles. The average Bonchev–Trinajstić information content (AvgIpc) is 1.61. The topological polar surface area (TPSA) is 143 Å². The van der Waals surface area contributed by atoms with Crippen LogP contribution in [0.1, 0.15) is 38.8 Å². The van der Waals surface area contributed by atoms with E-state index in [9.17, 15) is 5.26 Å². The second-order valence-corrected chi connectivity index (χ2v) is 31.3. The maximum Gasteiger partial charge on any atom is 0.496 e. The normalized spacial score (nSPS) is 12.7. The van der Waals surface area contributed by atoms with Gasteiger partial charge in [0, 0.05) is 89.2 Å². The van der Waals surface area contributed by atoms with Crippen molar-refractivity contribution in [2.75, 3.05) is 0 Å². The van der Waals surface area contributed by atoms with Gasteiger partial charge in [0.15, 0.2) is 34.9 Å². The van der Waals surface area contributed by atoms with Gasteiger partial charge in [-0.1, -0.05) is 307 Å². The third-order valence-corrected chi connectivity index (χ3v) is 23.6. The van der Waals surface area contributed by atoms with Crippen molar-refractivity contribution >= 4 is 91.5 Å². The second kappa shape index (κ2) is 31.2. The van der Waals surface area contributed by atoms with Crippen LogP contribution in [0.3, 0.4) is 0 Å². The highest BCUT2D eigenvalue weighted by molar-refractivity contribution is 9.10. The van der Waals surface area contributed by atoms with Crippen LogP contribution in [0.15, 0.2) is 344 Å². The van der Waals surface area contributed by atoms with Gasteiger partial charge < -0.3 is 9.31 Å². The van der Waals surface area contributed by atoms with Crippen molar-refractivity contribution in [3.05, 3.63) is 355 Å². The number of rotatable bonds is 12. The van der Waals surface area contributed by atoms with Gasteiger partial charge in [-0.3, -0.25) is 0 Å². The minimum atomic E-state index is -0.498. The van der Waals surface area contributed by atoms with Crippen molar-refractivity contribution in [1.29, 1.82) is 10.5 Å². The van der Waals surface area contributed by atoms with Crippen molar-refractivity contribution in [1.82, 2.24) is 29.9 Å². The fourth-order valence-corrected chi connectivity index (χ4v) is 16.8. The van der Waals surface area contributed by atoms with Gasteiger partial charge in [-0.25, -0.2) is 29.9 Å². The van der Waals surface area contributed by atoms with Crippen LogP contribution in [0.4, 0.5) is 0 Å². The van der Waals surface area contributed by atoms with E-state index in [-0.39, 0.29) is 0 Å². The van der Waals surface area contributed by atoms with Crippen LogP contribution < -0.4 is 5.46 Å². The first-order valence-corrected chi connectivity index (χ1v) is 39.3. The molecule has 0 radical (unpaired) electrons. The second-order valence-electron chi connectivity index (χ2n) is 28.2. The molecule has 0 N–H and O–H groups in total. The first-order valence-electron chi connectivity index (χ1n) is 36.9. The summed E-state index contributed by atoms with van der Waals surface area (Å²) in [6.45, 7) is 8.42. The lowest BCUT2D eigenvalue weighted by molar-refractivity contribution is 0.00578. The van der Waals surface area contributed by atoms with Crippen LogP contribution >= 0.6 is 38.6 Å². The first kappa shape index (κ1) is 71.9. The number of aromatic nitrogens is 6. The van der Waals surface area contributed by atoms with E-state index in [2.05, 4.69) is 201 Å². The molecule has 112 heavy (non-hydrogen) atoms. The third kappa shape index (κ3) is 14.8. The van der Waals surface area contributed by atoms with Crippen molar-refractivity contribution in [3.63, 3.8) is 0 Å². The summed E-state index contributed by atoms with van der Waals surface area (Å²) >= 11 is 7.03. The molecule has 1 aliphatic rings. The van der Waals surface area contributed by atoms with E-state index < -0.39 is 18.3 Å². The van der Waals surface area contributed by atoms with Crippen molar-refractivity contribution < 1.29 is 9.31 Å². The molecule has 0 aliphatic carbocycles. The number of thiophene rings is 2. The summed E-state index contributed by atoms with van der Waals surface area (Å²) in [4.78, 5) is 29.4. The lowest BCUT2D eigenvalue weighted by atomic mass is 9.73. The average molecular weight is 1540 g/mol. The van der Waals surface area contributed by atoms with E-state index in [1.165, 1.54) is 45.9 Å². The Balaban J connectivity index is 0.000000138. The van der Waals surface area contributed by atoms with E-state index in [0.29, 0.717) is 46.1 Å². The molecule has 4 aromatic heterocycles. The molecule has 5 heterocycles. The molecule has 19 rings (SSSR count). The summed E-state index contributed by atoms with van der Waals surface area (Å²) in [5, 5.41) is 22.9. The Kier molecular flexibility index (Phi) is 20.0. The fourth-order valence-electron chi connectivity index (χ4n) is 14.0. The molecule has 0 bridgehead atoms.